The predicted molar refractivity (Wildman–Crippen MR) is 215 cm³/mol. The third kappa shape index (κ3) is 4.85. The van der Waals surface area contributed by atoms with Gasteiger partial charge in [0, 0.05) is 45.3 Å². The molecule has 0 bridgehead atoms. The number of rotatable bonds is 5. The Hall–Kier alpha value is -5.86. The van der Waals surface area contributed by atoms with E-state index in [-0.39, 0.29) is 0 Å². The first-order chi connectivity index (χ1) is 25.1. The molecule has 2 unspecified atom stereocenters. The number of para-hydroxylation sites is 3. The van der Waals surface area contributed by atoms with Gasteiger partial charge < -0.3 is 9.13 Å². The summed E-state index contributed by atoms with van der Waals surface area (Å²) in [7, 11) is 2.19. The molecule has 0 amide bonds. The van der Waals surface area contributed by atoms with Gasteiger partial charge >= 0.3 is 0 Å². The summed E-state index contributed by atoms with van der Waals surface area (Å²) in [4.78, 5) is 0. The van der Waals surface area contributed by atoms with Crippen LogP contribution < -0.4 is 0 Å². The molecule has 1 aliphatic rings. The fraction of sp³-hybridized carbons (Fsp3) is 0.143. The smallest absolute Gasteiger partial charge is 0.0541 e. The molecule has 1 aliphatic carbocycles. The average Bonchev–Trinajstić information content (AvgIpc) is 3.62. The third-order valence-electron chi connectivity index (χ3n) is 11.8. The molecule has 2 atom stereocenters. The van der Waals surface area contributed by atoms with Crippen LogP contribution in [0.5, 0.6) is 0 Å². The van der Waals surface area contributed by atoms with Crippen molar-refractivity contribution in [2.45, 2.75) is 38.0 Å². The molecule has 2 nitrogen and oxygen atoms in total. The van der Waals surface area contributed by atoms with Gasteiger partial charge in [-0.2, -0.15) is 0 Å². The van der Waals surface area contributed by atoms with Crippen LogP contribution in [0.4, 0.5) is 0 Å². The van der Waals surface area contributed by atoms with Crippen molar-refractivity contribution >= 4 is 43.6 Å². The molecule has 0 saturated heterocycles. The summed E-state index contributed by atoms with van der Waals surface area (Å²) in [6, 6.07) is 59.1. The van der Waals surface area contributed by atoms with Gasteiger partial charge in [0.05, 0.1) is 11.0 Å². The Bertz CT molecular complexity index is 2760. The highest BCUT2D eigenvalue weighted by Crippen LogP contribution is 2.46. The lowest BCUT2D eigenvalue weighted by Gasteiger charge is -2.24. The lowest BCUT2D eigenvalue weighted by atomic mass is 9.79. The Balaban J connectivity index is 0.995. The van der Waals surface area contributed by atoms with Gasteiger partial charge in [-0.3, -0.25) is 0 Å². The molecule has 9 aromatic rings. The molecule has 0 radical (unpaired) electrons. The second-order valence-corrected chi connectivity index (χ2v) is 14.6. The molecule has 10 rings (SSSR count). The lowest BCUT2D eigenvalue weighted by molar-refractivity contribution is 0.580. The zero-order chi connectivity index (χ0) is 34.1. The molecule has 2 aromatic heterocycles. The van der Waals surface area contributed by atoms with Crippen LogP contribution in [-0.4, -0.2) is 9.13 Å². The quantitative estimate of drug-likeness (QED) is 0.174. The van der Waals surface area contributed by atoms with Crippen molar-refractivity contribution in [3.63, 3.8) is 0 Å². The predicted octanol–water partition coefficient (Wildman–Crippen LogP) is 12.3. The highest BCUT2D eigenvalue weighted by atomic mass is 15.0. The summed E-state index contributed by atoms with van der Waals surface area (Å²) in [5.41, 5.74) is 16.2. The van der Waals surface area contributed by atoms with E-state index < -0.39 is 0 Å². The number of fused-ring (bicyclic) bond motifs is 9. The van der Waals surface area contributed by atoms with Crippen LogP contribution in [0.3, 0.4) is 0 Å². The fourth-order valence-electron chi connectivity index (χ4n) is 9.12. The van der Waals surface area contributed by atoms with Gasteiger partial charge in [-0.25, -0.2) is 0 Å². The molecule has 0 spiro atoms. The standard InChI is InChI=1S/C49H40N2/c1-32-38-25-22-33(20-21-34-23-26-49-44(29-34)41-17-9-11-19-48(41)51(49)37-13-4-3-5-14-37)28-43(38)39-15-7-6-12-35(39)30-42(32)36-24-27-47-45(31-36)40-16-8-10-18-46(40)50(47)2/h3-19,22-29,31-32,42H,20-21,30H2,1-2H3. The Morgan fingerprint density at radius 1 is 0.510 bits per heavy atom. The maximum atomic E-state index is 2.50. The van der Waals surface area contributed by atoms with Crippen molar-refractivity contribution in [2.75, 3.05) is 0 Å². The number of benzene rings is 7. The van der Waals surface area contributed by atoms with E-state index in [1.54, 1.807) is 0 Å². The second-order valence-electron chi connectivity index (χ2n) is 14.6. The van der Waals surface area contributed by atoms with Crippen LogP contribution in [0.15, 0.2) is 158 Å². The largest absolute Gasteiger partial charge is 0.344 e. The second kappa shape index (κ2) is 11.9. The van der Waals surface area contributed by atoms with Crippen LogP contribution in [0.25, 0.3) is 60.4 Å². The van der Waals surface area contributed by atoms with Gasteiger partial charge in [0.1, 0.15) is 0 Å². The first-order valence-corrected chi connectivity index (χ1v) is 18.4. The van der Waals surface area contributed by atoms with E-state index in [2.05, 4.69) is 181 Å². The number of aryl methyl sites for hydroxylation is 3. The first kappa shape index (κ1) is 30.0. The Morgan fingerprint density at radius 2 is 1.12 bits per heavy atom. The van der Waals surface area contributed by atoms with Gasteiger partial charge in [0.15, 0.2) is 0 Å². The van der Waals surface area contributed by atoms with Gasteiger partial charge in [0.2, 0.25) is 0 Å². The Morgan fingerprint density at radius 3 is 1.96 bits per heavy atom. The van der Waals surface area contributed by atoms with Crippen LogP contribution in [0.1, 0.15) is 46.6 Å². The third-order valence-corrected chi connectivity index (χ3v) is 11.8. The number of hydrogen-bond acceptors (Lipinski definition) is 0. The first-order valence-electron chi connectivity index (χ1n) is 18.4. The van der Waals surface area contributed by atoms with E-state index >= 15 is 0 Å². The Labute approximate surface area is 299 Å². The molecule has 246 valence electrons. The summed E-state index contributed by atoms with van der Waals surface area (Å²) in [6.45, 7) is 2.45. The molecule has 0 N–H and O–H groups in total. The summed E-state index contributed by atoms with van der Waals surface area (Å²) < 4.78 is 4.73. The molecule has 0 fully saturated rings. The van der Waals surface area contributed by atoms with Gasteiger partial charge in [-0.15, -0.1) is 0 Å². The average molecular weight is 657 g/mol. The van der Waals surface area contributed by atoms with Crippen molar-refractivity contribution < 1.29 is 0 Å². The van der Waals surface area contributed by atoms with Crippen molar-refractivity contribution in [1.29, 1.82) is 0 Å². The van der Waals surface area contributed by atoms with E-state index in [0.29, 0.717) is 11.8 Å². The van der Waals surface area contributed by atoms with E-state index in [9.17, 15) is 0 Å². The normalized spacial score (nSPS) is 15.7. The van der Waals surface area contributed by atoms with Crippen molar-refractivity contribution in [3.8, 4) is 16.8 Å². The summed E-state index contributed by atoms with van der Waals surface area (Å²) in [6.07, 6.45) is 3.05. The van der Waals surface area contributed by atoms with Crippen LogP contribution in [-0.2, 0) is 26.3 Å². The fourth-order valence-corrected chi connectivity index (χ4v) is 9.12. The molecule has 0 saturated carbocycles. The molecule has 2 heterocycles. The van der Waals surface area contributed by atoms with Crippen LogP contribution in [0.2, 0.25) is 0 Å². The Kier molecular flexibility index (Phi) is 6.99. The summed E-state index contributed by atoms with van der Waals surface area (Å²) >= 11 is 0. The monoisotopic (exact) mass is 656 g/mol. The minimum absolute atomic E-state index is 0.387. The maximum Gasteiger partial charge on any atom is 0.0541 e. The molecule has 51 heavy (non-hydrogen) atoms. The van der Waals surface area contributed by atoms with E-state index in [1.807, 2.05) is 0 Å². The van der Waals surface area contributed by atoms with E-state index in [4.69, 9.17) is 0 Å². The zero-order valence-electron chi connectivity index (χ0n) is 29.2. The van der Waals surface area contributed by atoms with Gasteiger partial charge in [-0.1, -0.05) is 116 Å². The lowest BCUT2D eigenvalue weighted by Crippen LogP contribution is -2.10. The molecular formula is C49H40N2. The molecule has 2 heteroatoms. The van der Waals surface area contributed by atoms with E-state index in [0.717, 1.165) is 19.3 Å². The topological polar surface area (TPSA) is 9.86 Å². The minimum Gasteiger partial charge on any atom is -0.344 e. The van der Waals surface area contributed by atoms with Crippen molar-refractivity contribution in [2.24, 2.45) is 7.05 Å². The highest BCUT2D eigenvalue weighted by Gasteiger charge is 2.29. The van der Waals surface area contributed by atoms with Crippen LogP contribution >= 0.6 is 0 Å². The minimum atomic E-state index is 0.387. The number of nitrogens with zero attached hydrogens (tertiary/aromatic N) is 2. The summed E-state index contributed by atoms with van der Waals surface area (Å²) in [5, 5.41) is 5.32. The van der Waals surface area contributed by atoms with Gasteiger partial charge in [-0.05, 0) is 119 Å². The van der Waals surface area contributed by atoms with Gasteiger partial charge in [0.25, 0.3) is 0 Å². The van der Waals surface area contributed by atoms with E-state index in [1.165, 1.54) is 88.2 Å². The molecule has 7 aromatic carbocycles. The molecular weight excluding hydrogens is 617 g/mol. The summed E-state index contributed by atoms with van der Waals surface area (Å²) in [5.74, 6) is 0.782. The maximum absolute atomic E-state index is 2.50. The molecule has 0 aliphatic heterocycles. The zero-order valence-corrected chi connectivity index (χ0v) is 29.2. The number of aromatic nitrogens is 2. The number of hydrogen-bond donors (Lipinski definition) is 0. The van der Waals surface area contributed by atoms with Crippen molar-refractivity contribution in [3.05, 3.63) is 186 Å². The van der Waals surface area contributed by atoms with Crippen molar-refractivity contribution in [1.82, 2.24) is 9.13 Å². The SMILES string of the molecule is CC1c2ccc(CCc3ccc4c(c3)c3ccccc3n4-c3ccccc3)cc2-c2ccccc2CC1c1ccc2c(c1)c1ccccc1n2C. The van der Waals surface area contributed by atoms with Crippen LogP contribution in [0, 0.1) is 0 Å². The highest BCUT2D eigenvalue weighted by molar-refractivity contribution is 6.10.